The van der Waals surface area contributed by atoms with E-state index in [-0.39, 0.29) is 23.8 Å². The van der Waals surface area contributed by atoms with E-state index in [4.69, 9.17) is 5.11 Å². The molecule has 0 aromatic heterocycles. The zero-order valence-electron chi connectivity index (χ0n) is 10.6. The molecule has 2 aromatic rings. The molecule has 0 aliphatic rings. The highest BCUT2D eigenvalue weighted by Gasteiger charge is 2.02. The second kappa shape index (κ2) is 7.62. The van der Waals surface area contributed by atoms with Gasteiger partial charge in [0.05, 0.1) is 5.56 Å². The highest BCUT2D eigenvalue weighted by atomic mass is 35.5. The third-order valence-corrected chi connectivity index (χ3v) is 2.80. The summed E-state index contributed by atoms with van der Waals surface area (Å²) >= 11 is 0. The summed E-state index contributed by atoms with van der Waals surface area (Å²) in [6.07, 6.45) is 0. The predicted molar refractivity (Wildman–Crippen MR) is 70.3 cm³/mol. The topological polar surface area (TPSA) is 49.3 Å². The average molecular weight is 295 g/mol. The smallest absolute Gasteiger partial charge is 0.335 e. The fourth-order valence-corrected chi connectivity index (χ4v) is 1.75. The molecule has 0 unspecified atom stereocenters. The van der Waals surface area contributed by atoms with Crippen molar-refractivity contribution in [1.82, 2.24) is 5.32 Å². The molecule has 0 spiro atoms. The van der Waals surface area contributed by atoms with E-state index in [1.807, 2.05) is 0 Å². The van der Waals surface area contributed by atoms with E-state index in [1.54, 1.807) is 42.5 Å². The second-order valence-corrected chi connectivity index (χ2v) is 4.20. The van der Waals surface area contributed by atoms with Crippen LogP contribution in [-0.2, 0) is 13.1 Å². The molecular formula is C15H14ClFNO2-. The standard InChI is InChI=1S/C15H14FNO2.ClH/c16-14-4-2-1-3-13(14)10-17-9-11-5-7-12(8-6-11)15(18)19;/h1-8,17H,9-10H2,(H,18,19);1H/p-1. The lowest BCUT2D eigenvalue weighted by molar-refractivity contribution is -0.0000200. The molecule has 0 bridgehead atoms. The van der Waals surface area contributed by atoms with E-state index >= 15 is 0 Å². The van der Waals surface area contributed by atoms with Gasteiger partial charge in [0.1, 0.15) is 5.82 Å². The lowest BCUT2D eigenvalue weighted by atomic mass is 10.1. The molecule has 0 radical (unpaired) electrons. The summed E-state index contributed by atoms with van der Waals surface area (Å²) < 4.78 is 13.4. The van der Waals surface area contributed by atoms with Crippen LogP contribution >= 0.6 is 0 Å². The molecule has 0 fully saturated rings. The van der Waals surface area contributed by atoms with Crippen molar-refractivity contribution in [2.45, 2.75) is 13.1 Å². The van der Waals surface area contributed by atoms with Crippen LogP contribution in [0.25, 0.3) is 0 Å². The van der Waals surface area contributed by atoms with Crippen molar-refractivity contribution in [3.8, 4) is 0 Å². The van der Waals surface area contributed by atoms with E-state index < -0.39 is 5.97 Å². The Morgan fingerprint density at radius 1 is 1.05 bits per heavy atom. The van der Waals surface area contributed by atoms with Gasteiger partial charge in [0.2, 0.25) is 0 Å². The number of halogens is 2. The van der Waals surface area contributed by atoms with Crippen molar-refractivity contribution in [3.63, 3.8) is 0 Å². The van der Waals surface area contributed by atoms with Gasteiger partial charge in [-0.3, -0.25) is 0 Å². The molecule has 2 rings (SSSR count). The molecule has 0 heterocycles. The van der Waals surface area contributed by atoms with Crippen LogP contribution in [0.1, 0.15) is 21.5 Å². The minimum absolute atomic E-state index is 0. The van der Waals surface area contributed by atoms with Crippen LogP contribution in [0, 0.1) is 5.82 Å². The number of hydrogen-bond acceptors (Lipinski definition) is 2. The predicted octanol–water partition coefficient (Wildman–Crippen LogP) is -0.182. The maximum absolute atomic E-state index is 13.4. The maximum Gasteiger partial charge on any atom is 0.335 e. The molecule has 5 heteroatoms. The van der Waals surface area contributed by atoms with E-state index in [2.05, 4.69) is 5.32 Å². The van der Waals surface area contributed by atoms with Crippen molar-refractivity contribution >= 4 is 5.97 Å². The Morgan fingerprint density at radius 2 is 1.70 bits per heavy atom. The molecule has 0 aliphatic carbocycles. The SMILES string of the molecule is O=C(O)c1ccc(CNCc2ccccc2F)cc1.[Cl-]. The molecule has 2 aromatic carbocycles. The van der Waals surface area contributed by atoms with Gasteiger partial charge >= 0.3 is 5.97 Å². The molecular weight excluding hydrogens is 281 g/mol. The van der Waals surface area contributed by atoms with Crippen LogP contribution in [0.15, 0.2) is 48.5 Å². The number of aromatic carboxylic acids is 1. The molecule has 0 saturated heterocycles. The first-order chi connectivity index (χ1) is 9.16. The van der Waals surface area contributed by atoms with Gasteiger partial charge in [0, 0.05) is 18.7 Å². The van der Waals surface area contributed by atoms with E-state index in [0.29, 0.717) is 18.7 Å². The number of benzene rings is 2. The Balaban J connectivity index is 0.00000200. The third kappa shape index (κ3) is 4.33. The summed E-state index contributed by atoms with van der Waals surface area (Å²) in [5, 5.41) is 11.9. The fourth-order valence-electron chi connectivity index (χ4n) is 1.75. The Kier molecular flexibility index (Phi) is 6.15. The highest BCUT2D eigenvalue weighted by molar-refractivity contribution is 5.87. The van der Waals surface area contributed by atoms with Crippen LogP contribution in [0.4, 0.5) is 4.39 Å². The highest BCUT2D eigenvalue weighted by Crippen LogP contribution is 2.07. The molecule has 3 nitrogen and oxygen atoms in total. The zero-order valence-corrected chi connectivity index (χ0v) is 11.4. The number of carboxylic acid groups (broad SMARTS) is 1. The van der Waals surface area contributed by atoms with Gasteiger partial charge < -0.3 is 22.8 Å². The summed E-state index contributed by atoms with van der Waals surface area (Å²) in [4.78, 5) is 10.7. The van der Waals surface area contributed by atoms with Crippen molar-refractivity contribution in [1.29, 1.82) is 0 Å². The molecule has 0 aliphatic heterocycles. The van der Waals surface area contributed by atoms with Gasteiger partial charge in [-0.2, -0.15) is 0 Å². The maximum atomic E-state index is 13.4. The van der Waals surface area contributed by atoms with Gasteiger partial charge in [0.25, 0.3) is 0 Å². The number of carbonyl (C=O) groups is 1. The fraction of sp³-hybridized carbons (Fsp3) is 0.133. The van der Waals surface area contributed by atoms with Crippen LogP contribution in [0.2, 0.25) is 0 Å². The summed E-state index contributed by atoms with van der Waals surface area (Å²) in [7, 11) is 0. The molecule has 0 saturated carbocycles. The van der Waals surface area contributed by atoms with Crippen LogP contribution in [0.3, 0.4) is 0 Å². The minimum Gasteiger partial charge on any atom is -1.00 e. The van der Waals surface area contributed by atoms with Gasteiger partial charge in [-0.25, -0.2) is 9.18 Å². The molecule has 0 amide bonds. The number of carboxylic acids is 1. The molecule has 2 N–H and O–H groups in total. The van der Waals surface area contributed by atoms with Crippen LogP contribution in [0.5, 0.6) is 0 Å². The Hall–Kier alpha value is -1.91. The van der Waals surface area contributed by atoms with Crippen molar-refractivity contribution in [2.75, 3.05) is 0 Å². The van der Waals surface area contributed by atoms with E-state index in [0.717, 1.165) is 5.56 Å². The van der Waals surface area contributed by atoms with Crippen molar-refractivity contribution in [2.24, 2.45) is 0 Å². The minimum atomic E-state index is -0.939. The summed E-state index contributed by atoms with van der Waals surface area (Å²) in [5.74, 6) is -1.16. The first-order valence-electron chi connectivity index (χ1n) is 5.93. The molecule has 20 heavy (non-hydrogen) atoms. The largest absolute Gasteiger partial charge is 1.00 e. The number of rotatable bonds is 5. The van der Waals surface area contributed by atoms with Crippen LogP contribution in [-0.4, -0.2) is 11.1 Å². The van der Waals surface area contributed by atoms with Crippen LogP contribution < -0.4 is 17.7 Å². The molecule has 106 valence electrons. The summed E-state index contributed by atoms with van der Waals surface area (Å²) in [6, 6.07) is 13.2. The number of nitrogens with one attached hydrogen (secondary N) is 1. The third-order valence-electron chi connectivity index (χ3n) is 2.80. The Labute approximate surface area is 122 Å². The van der Waals surface area contributed by atoms with Crippen molar-refractivity contribution in [3.05, 3.63) is 71.0 Å². The lowest BCUT2D eigenvalue weighted by Crippen LogP contribution is -3.00. The number of hydrogen-bond donors (Lipinski definition) is 2. The average Bonchev–Trinajstić information content (AvgIpc) is 2.41. The van der Waals surface area contributed by atoms with Crippen molar-refractivity contribution < 1.29 is 26.7 Å². The van der Waals surface area contributed by atoms with Gasteiger partial charge in [0.15, 0.2) is 0 Å². The Morgan fingerprint density at radius 3 is 2.30 bits per heavy atom. The Bertz CT molecular complexity index is 572. The van der Waals surface area contributed by atoms with Gasteiger partial charge in [-0.15, -0.1) is 0 Å². The first-order valence-corrected chi connectivity index (χ1v) is 5.93. The second-order valence-electron chi connectivity index (χ2n) is 4.20. The van der Waals surface area contributed by atoms with Gasteiger partial charge in [-0.1, -0.05) is 30.3 Å². The first kappa shape index (κ1) is 16.1. The van der Waals surface area contributed by atoms with E-state index in [1.165, 1.54) is 6.07 Å². The van der Waals surface area contributed by atoms with Gasteiger partial charge in [-0.05, 0) is 23.8 Å². The monoisotopic (exact) mass is 294 g/mol. The lowest BCUT2D eigenvalue weighted by Gasteiger charge is -2.06. The zero-order chi connectivity index (χ0) is 13.7. The molecule has 0 atom stereocenters. The quantitative estimate of drug-likeness (QED) is 0.804. The van der Waals surface area contributed by atoms with E-state index in [9.17, 15) is 9.18 Å². The summed E-state index contributed by atoms with van der Waals surface area (Å²) in [6.45, 7) is 1.00. The normalized spacial score (nSPS) is 9.85. The summed E-state index contributed by atoms with van der Waals surface area (Å²) in [5.41, 5.74) is 1.84.